The molecule has 110 valence electrons. The molecule has 0 bridgehead atoms. The predicted octanol–water partition coefficient (Wildman–Crippen LogP) is 3.87. The third-order valence-electron chi connectivity index (χ3n) is 3.07. The fourth-order valence-corrected chi connectivity index (χ4v) is 2.21. The summed E-state index contributed by atoms with van der Waals surface area (Å²) in [6.07, 6.45) is 0. The van der Waals surface area contributed by atoms with E-state index in [-0.39, 0.29) is 5.91 Å². The minimum absolute atomic E-state index is 0.232. The molecule has 0 aromatic heterocycles. The van der Waals surface area contributed by atoms with Crippen LogP contribution in [0.25, 0.3) is 0 Å². The molecule has 0 unspecified atom stereocenters. The Morgan fingerprint density at radius 3 is 2.71 bits per heavy atom. The maximum atomic E-state index is 13.5. The standard InChI is InChI=1S/C16H15BrFNO2/c1-19(10-11-4-3-5-13(8-11)21-2)16(20)12-6-7-14(17)15(18)9-12/h3-9H,10H2,1-2H3. The quantitative estimate of drug-likeness (QED) is 0.836. The highest BCUT2D eigenvalue weighted by Crippen LogP contribution is 2.18. The van der Waals surface area contributed by atoms with Crippen molar-refractivity contribution in [3.8, 4) is 5.75 Å². The van der Waals surface area contributed by atoms with Gasteiger partial charge in [0.05, 0.1) is 11.6 Å². The lowest BCUT2D eigenvalue weighted by Crippen LogP contribution is -2.26. The summed E-state index contributed by atoms with van der Waals surface area (Å²) in [7, 11) is 3.28. The van der Waals surface area contributed by atoms with Crippen molar-refractivity contribution in [1.29, 1.82) is 0 Å². The van der Waals surface area contributed by atoms with Crippen molar-refractivity contribution >= 4 is 21.8 Å². The molecule has 0 radical (unpaired) electrons. The molecule has 2 rings (SSSR count). The molecule has 3 nitrogen and oxygen atoms in total. The minimum atomic E-state index is -0.448. The normalized spacial score (nSPS) is 10.3. The minimum Gasteiger partial charge on any atom is -0.497 e. The fourth-order valence-electron chi connectivity index (χ4n) is 1.97. The Hall–Kier alpha value is -1.88. The van der Waals surface area contributed by atoms with Gasteiger partial charge in [0.2, 0.25) is 0 Å². The van der Waals surface area contributed by atoms with Crippen molar-refractivity contribution in [2.24, 2.45) is 0 Å². The van der Waals surface area contributed by atoms with Crippen LogP contribution in [-0.2, 0) is 6.54 Å². The molecule has 0 heterocycles. The van der Waals surface area contributed by atoms with E-state index in [0.717, 1.165) is 11.3 Å². The molecule has 0 atom stereocenters. The molecule has 21 heavy (non-hydrogen) atoms. The summed E-state index contributed by atoms with van der Waals surface area (Å²) in [5.74, 6) is 0.0582. The first kappa shape index (κ1) is 15.5. The summed E-state index contributed by atoms with van der Waals surface area (Å²) in [6.45, 7) is 0.424. The number of hydrogen-bond acceptors (Lipinski definition) is 2. The van der Waals surface area contributed by atoms with Crippen molar-refractivity contribution in [1.82, 2.24) is 4.90 Å². The van der Waals surface area contributed by atoms with Gasteiger partial charge in [-0.05, 0) is 51.8 Å². The highest BCUT2D eigenvalue weighted by atomic mass is 79.9. The van der Waals surface area contributed by atoms with E-state index in [2.05, 4.69) is 15.9 Å². The monoisotopic (exact) mass is 351 g/mol. The van der Waals surface area contributed by atoms with Crippen LogP contribution in [-0.4, -0.2) is 25.0 Å². The summed E-state index contributed by atoms with van der Waals surface area (Å²) >= 11 is 3.07. The Morgan fingerprint density at radius 2 is 2.05 bits per heavy atom. The predicted molar refractivity (Wildman–Crippen MR) is 82.9 cm³/mol. The Balaban J connectivity index is 2.13. The van der Waals surface area contributed by atoms with Crippen LogP contribution in [0.4, 0.5) is 4.39 Å². The second-order valence-electron chi connectivity index (χ2n) is 4.64. The Morgan fingerprint density at radius 1 is 1.29 bits per heavy atom. The molecular formula is C16H15BrFNO2. The molecule has 0 aliphatic carbocycles. The van der Waals surface area contributed by atoms with Gasteiger partial charge in [-0.2, -0.15) is 0 Å². The van der Waals surface area contributed by atoms with Crippen LogP contribution < -0.4 is 4.74 Å². The van der Waals surface area contributed by atoms with Crippen LogP contribution in [0.15, 0.2) is 46.9 Å². The molecule has 0 aliphatic rings. The van der Waals surface area contributed by atoms with E-state index in [1.165, 1.54) is 17.0 Å². The van der Waals surface area contributed by atoms with Gasteiger partial charge < -0.3 is 9.64 Å². The Bertz CT molecular complexity index is 660. The number of nitrogens with zero attached hydrogens (tertiary/aromatic N) is 1. The summed E-state index contributed by atoms with van der Waals surface area (Å²) in [5.41, 5.74) is 1.27. The van der Waals surface area contributed by atoms with E-state index >= 15 is 0 Å². The lowest BCUT2D eigenvalue weighted by atomic mass is 10.1. The number of ether oxygens (including phenoxy) is 1. The largest absolute Gasteiger partial charge is 0.497 e. The van der Waals surface area contributed by atoms with Gasteiger partial charge in [-0.25, -0.2) is 4.39 Å². The molecule has 2 aromatic rings. The van der Waals surface area contributed by atoms with Crippen LogP contribution >= 0.6 is 15.9 Å². The summed E-state index contributed by atoms with van der Waals surface area (Å²) in [4.78, 5) is 13.8. The number of rotatable bonds is 4. The maximum absolute atomic E-state index is 13.5. The molecule has 0 spiro atoms. The Labute approximate surface area is 131 Å². The van der Waals surface area contributed by atoms with E-state index in [1.54, 1.807) is 20.2 Å². The number of amides is 1. The zero-order chi connectivity index (χ0) is 15.4. The van der Waals surface area contributed by atoms with Gasteiger partial charge in [-0.1, -0.05) is 12.1 Å². The third kappa shape index (κ3) is 3.82. The number of methoxy groups -OCH3 is 1. The first-order valence-corrected chi connectivity index (χ1v) is 7.14. The molecule has 0 N–H and O–H groups in total. The van der Waals surface area contributed by atoms with E-state index < -0.39 is 5.82 Å². The van der Waals surface area contributed by atoms with Crippen LogP contribution in [0.3, 0.4) is 0 Å². The summed E-state index contributed by atoms with van der Waals surface area (Å²) in [5, 5.41) is 0. The second-order valence-corrected chi connectivity index (χ2v) is 5.50. The van der Waals surface area contributed by atoms with E-state index in [9.17, 15) is 9.18 Å². The van der Waals surface area contributed by atoms with Crippen molar-refractivity contribution in [3.63, 3.8) is 0 Å². The molecule has 0 saturated heterocycles. The molecule has 0 saturated carbocycles. The van der Waals surface area contributed by atoms with Gasteiger partial charge >= 0.3 is 0 Å². The van der Waals surface area contributed by atoms with Gasteiger partial charge in [-0.15, -0.1) is 0 Å². The van der Waals surface area contributed by atoms with Crippen LogP contribution in [0.2, 0.25) is 0 Å². The maximum Gasteiger partial charge on any atom is 0.253 e. The van der Waals surface area contributed by atoms with Gasteiger partial charge in [0.15, 0.2) is 0 Å². The van der Waals surface area contributed by atoms with Crippen molar-refractivity contribution in [2.75, 3.05) is 14.2 Å². The zero-order valence-electron chi connectivity index (χ0n) is 11.8. The van der Waals surface area contributed by atoms with Crippen molar-refractivity contribution in [2.45, 2.75) is 6.54 Å². The lowest BCUT2D eigenvalue weighted by molar-refractivity contribution is 0.0784. The highest BCUT2D eigenvalue weighted by Gasteiger charge is 2.14. The van der Waals surface area contributed by atoms with Crippen molar-refractivity contribution < 1.29 is 13.9 Å². The lowest BCUT2D eigenvalue weighted by Gasteiger charge is -2.18. The van der Waals surface area contributed by atoms with Crippen LogP contribution in [0.5, 0.6) is 5.75 Å². The molecule has 0 fully saturated rings. The van der Waals surface area contributed by atoms with Gasteiger partial charge in [0.25, 0.3) is 5.91 Å². The molecular weight excluding hydrogens is 337 g/mol. The number of carbonyl (C=O) groups is 1. The van der Waals surface area contributed by atoms with Crippen molar-refractivity contribution in [3.05, 3.63) is 63.9 Å². The third-order valence-corrected chi connectivity index (χ3v) is 3.71. The highest BCUT2D eigenvalue weighted by molar-refractivity contribution is 9.10. The number of hydrogen-bond donors (Lipinski definition) is 0. The molecule has 5 heteroatoms. The van der Waals surface area contributed by atoms with E-state index in [4.69, 9.17) is 4.74 Å². The van der Waals surface area contributed by atoms with Gasteiger partial charge in [-0.3, -0.25) is 4.79 Å². The van der Waals surface area contributed by atoms with Crippen LogP contribution in [0.1, 0.15) is 15.9 Å². The smallest absolute Gasteiger partial charge is 0.253 e. The number of halogens is 2. The SMILES string of the molecule is COc1cccc(CN(C)C(=O)c2ccc(Br)c(F)c2)c1. The van der Waals surface area contributed by atoms with Crippen LogP contribution in [0, 0.1) is 5.82 Å². The molecule has 0 aliphatic heterocycles. The summed E-state index contributed by atoms with van der Waals surface area (Å²) < 4.78 is 19.0. The summed E-state index contributed by atoms with van der Waals surface area (Å²) in [6, 6.07) is 11.8. The average molecular weight is 352 g/mol. The molecule has 1 amide bonds. The van der Waals surface area contributed by atoms with E-state index in [0.29, 0.717) is 16.6 Å². The average Bonchev–Trinajstić information content (AvgIpc) is 2.49. The zero-order valence-corrected chi connectivity index (χ0v) is 13.4. The Kier molecular flexibility index (Phi) is 4.96. The first-order chi connectivity index (χ1) is 10.0. The topological polar surface area (TPSA) is 29.5 Å². The number of benzene rings is 2. The van der Waals surface area contributed by atoms with Gasteiger partial charge in [0.1, 0.15) is 11.6 Å². The fraction of sp³-hybridized carbons (Fsp3) is 0.188. The molecule has 2 aromatic carbocycles. The second kappa shape index (κ2) is 6.72. The number of carbonyl (C=O) groups excluding carboxylic acids is 1. The first-order valence-electron chi connectivity index (χ1n) is 6.34. The van der Waals surface area contributed by atoms with Gasteiger partial charge in [0, 0.05) is 19.2 Å². The van der Waals surface area contributed by atoms with E-state index in [1.807, 2.05) is 24.3 Å².